The molecule has 0 aromatic carbocycles. The van der Waals surface area contributed by atoms with Crippen LogP contribution in [-0.2, 0) is 19.0 Å². The smallest absolute Gasteiger partial charge is 0.326 e. The quantitative estimate of drug-likeness (QED) is 0.522. The van der Waals surface area contributed by atoms with E-state index in [1.54, 1.807) is 13.8 Å². The highest BCUT2D eigenvalue weighted by Gasteiger charge is 2.33. The highest BCUT2D eigenvalue weighted by Crippen LogP contribution is 2.18. The van der Waals surface area contributed by atoms with Crippen molar-refractivity contribution in [2.45, 2.75) is 31.4 Å². The van der Waals surface area contributed by atoms with Crippen LogP contribution < -0.4 is 0 Å². The Hall–Kier alpha value is -0.320. The number of hydrogen-bond acceptors (Lipinski definition) is 4. The maximum Gasteiger partial charge on any atom is 0.326 e. The maximum atomic E-state index is 11.2. The molecule has 0 aromatic rings. The normalized spacial score (nSPS) is 30.5. The molecule has 2 atom stereocenters. The molecule has 0 bridgehead atoms. The lowest BCUT2D eigenvalue weighted by molar-refractivity contribution is -0.232. The molecule has 0 N–H and O–H groups in total. The van der Waals surface area contributed by atoms with Crippen LogP contribution in [0.25, 0.3) is 0 Å². The zero-order valence-corrected chi connectivity index (χ0v) is 9.17. The average Bonchev–Trinajstić information content (AvgIpc) is 2.30. The molecule has 0 amide bonds. The van der Waals surface area contributed by atoms with Gasteiger partial charge in [-0.15, -0.1) is 11.6 Å². The molecule has 82 valence electrons. The van der Waals surface area contributed by atoms with Crippen LogP contribution in [0.5, 0.6) is 0 Å². The van der Waals surface area contributed by atoms with Gasteiger partial charge in [-0.1, -0.05) is 0 Å². The third-order valence-electron chi connectivity index (χ3n) is 1.85. The summed E-state index contributed by atoms with van der Waals surface area (Å²) >= 11 is 5.58. The number of hydrogen-bond donors (Lipinski definition) is 0. The molecule has 5 heteroatoms. The van der Waals surface area contributed by atoms with Crippen molar-refractivity contribution in [1.82, 2.24) is 0 Å². The Bertz CT molecular complexity index is 197. The van der Waals surface area contributed by atoms with Crippen molar-refractivity contribution in [1.29, 1.82) is 0 Å². The lowest BCUT2D eigenvalue weighted by Crippen LogP contribution is -2.40. The summed E-state index contributed by atoms with van der Waals surface area (Å²) in [6.45, 7) is 4.65. The first-order valence-corrected chi connectivity index (χ1v) is 5.06. The Morgan fingerprint density at radius 1 is 1.57 bits per heavy atom. The lowest BCUT2D eigenvalue weighted by Gasteiger charge is -2.27. The number of esters is 1. The van der Waals surface area contributed by atoms with E-state index in [9.17, 15) is 4.79 Å². The summed E-state index contributed by atoms with van der Waals surface area (Å²) in [7, 11) is 0. The summed E-state index contributed by atoms with van der Waals surface area (Å²) in [4.78, 5) is 11.2. The van der Waals surface area contributed by atoms with Gasteiger partial charge < -0.3 is 14.2 Å². The molecule has 0 aromatic heterocycles. The third-order valence-corrected chi connectivity index (χ3v) is 2.02. The number of ether oxygens (including phenoxy) is 3. The fourth-order valence-corrected chi connectivity index (χ4v) is 1.15. The Morgan fingerprint density at radius 3 is 2.93 bits per heavy atom. The molecule has 1 rings (SSSR count). The van der Waals surface area contributed by atoms with Crippen molar-refractivity contribution in [3.8, 4) is 0 Å². The van der Waals surface area contributed by atoms with Crippen molar-refractivity contribution < 1.29 is 19.0 Å². The molecular formula is C9H15ClO4. The Balaban J connectivity index is 2.50. The van der Waals surface area contributed by atoms with Crippen molar-refractivity contribution in [2.24, 2.45) is 0 Å². The summed E-state index contributed by atoms with van der Waals surface area (Å²) in [5.41, 5.74) is 0. The Kier molecular flexibility index (Phi) is 4.16. The second-order valence-corrected chi connectivity index (χ2v) is 4.08. The molecule has 1 saturated heterocycles. The number of rotatable bonds is 2. The molecule has 4 nitrogen and oxygen atoms in total. The predicted octanol–water partition coefficient (Wildman–Crippen LogP) is 1.31. The standard InChI is InChI=1S/C9H15ClO4/c1-7(10)8(11)14-9(2)6-12-4-3-5-13-9/h7H,3-6H2,1-2H3. The first-order valence-electron chi connectivity index (χ1n) is 4.62. The summed E-state index contributed by atoms with van der Waals surface area (Å²) in [5, 5.41) is -0.668. The summed E-state index contributed by atoms with van der Waals surface area (Å²) in [6.07, 6.45) is 0.809. The van der Waals surface area contributed by atoms with Crippen LogP contribution >= 0.6 is 11.6 Å². The van der Waals surface area contributed by atoms with E-state index in [1.165, 1.54) is 0 Å². The average molecular weight is 223 g/mol. The molecule has 0 radical (unpaired) electrons. The predicted molar refractivity (Wildman–Crippen MR) is 51.2 cm³/mol. The molecule has 1 heterocycles. The van der Waals surface area contributed by atoms with Gasteiger partial charge >= 0.3 is 5.97 Å². The molecule has 2 unspecified atom stereocenters. The van der Waals surface area contributed by atoms with E-state index in [2.05, 4.69) is 0 Å². The van der Waals surface area contributed by atoms with Crippen molar-refractivity contribution in [2.75, 3.05) is 19.8 Å². The minimum Gasteiger partial charge on any atom is -0.430 e. The van der Waals surface area contributed by atoms with Gasteiger partial charge in [-0.3, -0.25) is 4.79 Å². The van der Waals surface area contributed by atoms with Crippen LogP contribution in [0, 0.1) is 0 Å². The molecular weight excluding hydrogens is 208 g/mol. The van der Waals surface area contributed by atoms with E-state index in [1.807, 2.05) is 0 Å². The fourth-order valence-electron chi connectivity index (χ4n) is 1.10. The molecule has 14 heavy (non-hydrogen) atoms. The fraction of sp³-hybridized carbons (Fsp3) is 0.889. The van der Waals surface area contributed by atoms with Gasteiger partial charge in [0.25, 0.3) is 0 Å². The largest absolute Gasteiger partial charge is 0.430 e. The van der Waals surface area contributed by atoms with E-state index in [0.29, 0.717) is 13.2 Å². The van der Waals surface area contributed by atoms with Gasteiger partial charge in [-0.05, 0) is 13.3 Å². The van der Waals surface area contributed by atoms with Crippen molar-refractivity contribution in [3.05, 3.63) is 0 Å². The summed E-state index contributed by atoms with van der Waals surface area (Å²) in [5.74, 6) is -1.48. The number of carbonyl (C=O) groups is 1. The molecule has 1 aliphatic rings. The van der Waals surface area contributed by atoms with E-state index in [4.69, 9.17) is 25.8 Å². The van der Waals surface area contributed by atoms with Gasteiger partial charge in [0.1, 0.15) is 12.0 Å². The first-order chi connectivity index (χ1) is 6.53. The van der Waals surface area contributed by atoms with Gasteiger partial charge in [-0.2, -0.15) is 0 Å². The van der Waals surface area contributed by atoms with Gasteiger partial charge in [0.15, 0.2) is 0 Å². The highest BCUT2D eigenvalue weighted by atomic mass is 35.5. The highest BCUT2D eigenvalue weighted by molar-refractivity contribution is 6.29. The molecule has 1 aliphatic heterocycles. The van der Waals surface area contributed by atoms with Gasteiger partial charge in [0, 0.05) is 13.5 Å². The Morgan fingerprint density at radius 2 is 2.29 bits per heavy atom. The van der Waals surface area contributed by atoms with Crippen molar-refractivity contribution in [3.63, 3.8) is 0 Å². The summed E-state index contributed by atoms with van der Waals surface area (Å²) < 4.78 is 15.7. The van der Waals surface area contributed by atoms with Gasteiger partial charge in [0.05, 0.1) is 6.61 Å². The summed E-state index contributed by atoms with van der Waals surface area (Å²) in [6, 6.07) is 0. The van der Waals surface area contributed by atoms with E-state index < -0.39 is 17.1 Å². The number of carbonyl (C=O) groups excluding carboxylic acids is 1. The van der Waals surface area contributed by atoms with Crippen LogP contribution in [0.3, 0.4) is 0 Å². The van der Waals surface area contributed by atoms with E-state index >= 15 is 0 Å². The minimum atomic E-state index is -0.989. The third kappa shape index (κ3) is 3.44. The second kappa shape index (κ2) is 4.96. The minimum absolute atomic E-state index is 0.252. The molecule has 0 aliphatic carbocycles. The monoisotopic (exact) mass is 222 g/mol. The number of halogens is 1. The topological polar surface area (TPSA) is 44.8 Å². The molecule has 1 fully saturated rings. The van der Waals surface area contributed by atoms with Crippen LogP contribution in [0.4, 0.5) is 0 Å². The maximum absolute atomic E-state index is 11.2. The zero-order chi connectivity index (χ0) is 10.6. The van der Waals surface area contributed by atoms with E-state index in [-0.39, 0.29) is 6.61 Å². The Labute approximate surface area is 88.5 Å². The van der Waals surface area contributed by atoms with Gasteiger partial charge in [0.2, 0.25) is 5.79 Å². The number of alkyl halides is 1. The first kappa shape index (κ1) is 11.8. The van der Waals surface area contributed by atoms with Gasteiger partial charge in [-0.25, -0.2) is 0 Å². The van der Waals surface area contributed by atoms with Crippen LogP contribution in [-0.4, -0.2) is 37.0 Å². The lowest BCUT2D eigenvalue weighted by atomic mass is 10.3. The second-order valence-electron chi connectivity index (χ2n) is 3.43. The van der Waals surface area contributed by atoms with Crippen LogP contribution in [0.1, 0.15) is 20.3 Å². The molecule has 0 saturated carbocycles. The SMILES string of the molecule is CC(Cl)C(=O)OC1(C)COCCCO1. The molecule has 0 spiro atoms. The van der Waals surface area contributed by atoms with E-state index in [0.717, 1.165) is 6.42 Å². The zero-order valence-electron chi connectivity index (χ0n) is 8.42. The van der Waals surface area contributed by atoms with Crippen LogP contribution in [0.2, 0.25) is 0 Å². The van der Waals surface area contributed by atoms with Crippen LogP contribution in [0.15, 0.2) is 0 Å². The van der Waals surface area contributed by atoms with Crippen molar-refractivity contribution >= 4 is 17.6 Å².